The second-order valence-electron chi connectivity index (χ2n) is 3.88. The molecule has 0 bridgehead atoms. The summed E-state index contributed by atoms with van der Waals surface area (Å²) in [6.07, 6.45) is -0.941. The maximum Gasteiger partial charge on any atom is 0.264 e. The average Bonchev–Trinajstić information content (AvgIpc) is 2.45. The quantitative estimate of drug-likeness (QED) is 0.895. The molecule has 5 heteroatoms. The van der Waals surface area contributed by atoms with Crippen LogP contribution in [0.2, 0.25) is 0 Å². The molecule has 0 unspecified atom stereocenters. The zero-order valence-corrected chi connectivity index (χ0v) is 10.4. The van der Waals surface area contributed by atoms with Gasteiger partial charge in [0.25, 0.3) is 6.43 Å². The van der Waals surface area contributed by atoms with Crippen molar-refractivity contribution in [2.24, 2.45) is 0 Å². The summed E-state index contributed by atoms with van der Waals surface area (Å²) in [6.45, 7) is 0.0493. The first-order valence-electron chi connectivity index (χ1n) is 5.84. The van der Waals surface area contributed by atoms with E-state index in [4.69, 9.17) is 4.74 Å². The second kappa shape index (κ2) is 6.13. The molecule has 19 heavy (non-hydrogen) atoms. The standard InChI is InChI=1S/C14H14F2N2O/c1-17-12-6-4-5-10(14(15)16)11(12)9-19-13-7-2-3-8-18-13/h2-8,14,17H,9H2,1H3. The summed E-state index contributed by atoms with van der Waals surface area (Å²) in [5.74, 6) is 0.411. The maximum atomic E-state index is 13.0. The van der Waals surface area contributed by atoms with Gasteiger partial charge >= 0.3 is 0 Å². The number of hydrogen-bond donors (Lipinski definition) is 1. The molecule has 0 amide bonds. The summed E-state index contributed by atoms with van der Waals surface area (Å²) in [4.78, 5) is 3.99. The zero-order valence-electron chi connectivity index (χ0n) is 10.4. The van der Waals surface area contributed by atoms with Crippen LogP contribution in [0.3, 0.4) is 0 Å². The summed E-state index contributed by atoms with van der Waals surface area (Å²) in [7, 11) is 1.69. The highest BCUT2D eigenvalue weighted by Gasteiger charge is 2.16. The molecule has 2 rings (SSSR count). The molecule has 0 fully saturated rings. The first-order valence-corrected chi connectivity index (χ1v) is 5.84. The molecule has 0 aliphatic carbocycles. The fraction of sp³-hybridized carbons (Fsp3) is 0.214. The molecule has 1 aromatic heterocycles. The fourth-order valence-corrected chi connectivity index (χ4v) is 1.78. The smallest absolute Gasteiger partial charge is 0.264 e. The minimum atomic E-state index is -2.53. The third-order valence-electron chi connectivity index (χ3n) is 2.72. The van der Waals surface area contributed by atoms with Crippen LogP contribution in [0, 0.1) is 0 Å². The van der Waals surface area contributed by atoms with E-state index in [-0.39, 0.29) is 12.2 Å². The second-order valence-corrected chi connectivity index (χ2v) is 3.88. The predicted molar refractivity (Wildman–Crippen MR) is 69.5 cm³/mol. The fourth-order valence-electron chi connectivity index (χ4n) is 1.78. The Bertz CT molecular complexity index is 532. The van der Waals surface area contributed by atoms with E-state index >= 15 is 0 Å². The Balaban J connectivity index is 2.23. The van der Waals surface area contributed by atoms with Crippen molar-refractivity contribution in [2.75, 3.05) is 12.4 Å². The molecule has 1 aromatic carbocycles. The highest BCUT2D eigenvalue weighted by atomic mass is 19.3. The highest BCUT2D eigenvalue weighted by Crippen LogP contribution is 2.29. The number of pyridine rings is 1. The first kappa shape index (κ1) is 13.3. The molecule has 1 heterocycles. The van der Waals surface area contributed by atoms with E-state index in [2.05, 4.69) is 10.3 Å². The van der Waals surface area contributed by atoms with E-state index in [0.717, 1.165) is 0 Å². The lowest BCUT2D eigenvalue weighted by molar-refractivity contribution is 0.148. The minimum absolute atomic E-state index is 0.0252. The van der Waals surface area contributed by atoms with Crippen LogP contribution in [-0.2, 0) is 6.61 Å². The van der Waals surface area contributed by atoms with Crippen molar-refractivity contribution >= 4 is 5.69 Å². The third kappa shape index (κ3) is 3.19. The number of benzene rings is 1. The molecular weight excluding hydrogens is 250 g/mol. The molecule has 1 N–H and O–H groups in total. The van der Waals surface area contributed by atoms with Gasteiger partial charge in [-0.05, 0) is 12.1 Å². The predicted octanol–water partition coefficient (Wildman–Crippen LogP) is 3.64. The third-order valence-corrected chi connectivity index (χ3v) is 2.72. The van der Waals surface area contributed by atoms with Gasteiger partial charge in [0.1, 0.15) is 6.61 Å². The molecule has 0 saturated heterocycles. The van der Waals surface area contributed by atoms with Gasteiger partial charge in [0.2, 0.25) is 5.88 Å². The van der Waals surface area contributed by atoms with Crippen LogP contribution in [-0.4, -0.2) is 12.0 Å². The topological polar surface area (TPSA) is 34.1 Å². The number of rotatable bonds is 5. The van der Waals surface area contributed by atoms with Gasteiger partial charge in [0.05, 0.1) is 0 Å². The number of hydrogen-bond acceptors (Lipinski definition) is 3. The van der Waals surface area contributed by atoms with E-state index in [1.165, 1.54) is 6.07 Å². The van der Waals surface area contributed by atoms with E-state index in [1.807, 2.05) is 0 Å². The number of aromatic nitrogens is 1. The Morgan fingerprint density at radius 1 is 1.21 bits per heavy atom. The van der Waals surface area contributed by atoms with Gasteiger partial charge in [0.15, 0.2) is 0 Å². The minimum Gasteiger partial charge on any atom is -0.473 e. The monoisotopic (exact) mass is 264 g/mol. The number of ether oxygens (including phenoxy) is 1. The van der Waals surface area contributed by atoms with Crippen molar-refractivity contribution < 1.29 is 13.5 Å². The molecule has 0 aliphatic rings. The van der Waals surface area contributed by atoms with Crippen molar-refractivity contribution in [3.05, 3.63) is 53.7 Å². The molecule has 0 saturated carbocycles. The summed E-state index contributed by atoms with van der Waals surface area (Å²) in [5.41, 5.74) is 1.06. The Morgan fingerprint density at radius 3 is 2.68 bits per heavy atom. The van der Waals surface area contributed by atoms with Gasteiger partial charge in [-0.1, -0.05) is 18.2 Å². The molecule has 3 nitrogen and oxygen atoms in total. The van der Waals surface area contributed by atoms with Crippen LogP contribution in [0.1, 0.15) is 17.6 Å². The molecule has 0 atom stereocenters. The Hall–Kier alpha value is -2.17. The van der Waals surface area contributed by atoms with Crippen molar-refractivity contribution in [2.45, 2.75) is 13.0 Å². The van der Waals surface area contributed by atoms with Crippen LogP contribution >= 0.6 is 0 Å². The van der Waals surface area contributed by atoms with Crippen molar-refractivity contribution in [1.29, 1.82) is 0 Å². The van der Waals surface area contributed by atoms with Gasteiger partial charge in [-0.3, -0.25) is 0 Å². The summed E-state index contributed by atoms with van der Waals surface area (Å²) in [5, 5.41) is 2.89. The van der Waals surface area contributed by atoms with Gasteiger partial charge in [-0.2, -0.15) is 0 Å². The molecule has 0 radical (unpaired) electrons. The van der Waals surface area contributed by atoms with Gasteiger partial charge in [-0.15, -0.1) is 0 Å². The molecule has 2 aromatic rings. The SMILES string of the molecule is CNc1cccc(C(F)F)c1COc1ccccn1. The van der Waals surface area contributed by atoms with Gasteiger partial charge in [-0.25, -0.2) is 13.8 Å². The summed E-state index contributed by atoms with van der Waals surface area (Å²) >= 11 is 0. The van der Waals surface area contributed by atoms with Crippen LogP contribution in [0.15, 0.2) is 42.6 Å². The van der Waals surface area contributed by atoms with Crippen LogP contribution in [0.25, 0.3) is 0 Å². The first-order chi connectivity index (χ1) is 9.22. The normalized spacial score (nSPS) is 10.5. The van der Waals surface area contributed by atoms with Crippen LogP contribution in [0.5, 0.6) is 5.88 Å². The lowest BCUT2D eigenvalue weighted by atomic mass is 10.1. The summed E-state index contributed by atoms with van der Waals surface area (Å²) < 4.78 is 31.4. The van der Waals surface area contributed by atoms with Crippen molar-refractivity contribution in [3.63, 3.8) is 0 Å². The molecule has 0 spiro atoms. The Morgan fingerprint density at radius 2 is 2.05 bits per heavy atom. The van der Waals surface area contributed by atoms with Crippen molar-refractivity contribution in [1.82, 2.24) is 4.98 Å². The Kier molecular flexibility index (Phi) is 4.28. The lowest BCUT2D eigenvalue weighted by Crippen LogP contribution is -2.05. The average molecular weight is 264 g/mol. The van der Waals surface area contributed by atoms with Crippen LogP contribution < -0.4 is 10.1 Å². The maximum absolute atomic E-state index is 13.0. The van der Waals surface area contributed by atoms with E-state index in [9.17, 15) is 8.78 Å². The van der Waals surface area contributed by atoms with Crippen molar-refractivity contribution in [3.8, 4) is 5.88 Å². The van der Waals surface area contributed by atoms with Gasteiger partial charge < -0.3 is 10.1 Å². The number of anilines is 1. The number of halogens is 2. The lowest BCUT2D eigenvalue weighted by Gasteiger charge is -2.14. The number of nitrogens with zero attached hydrogens (tertiary/aromatic N) is 1. The largest absolute Gasteiger partial charge is 0.473 e. The number of alkyl halides is 2. The van der Waals surface area contributed by atoms with E-state index in [1.54, 1.807) is 43.6 Å². The van der Waals surface area contributed by atoms with Gasteiger partial charge in [0, 0.05) is 36.1 Å². The zero-order chi connectivity index (χ0) is 13.7. The molecule has 0 aliphatic heterocycles. The highest BCUT2D eigenvalue weighted by molar-refractivity contribution is 5.54. The van der Waals surface area contributed by atoms with Crippen LogP contribution in [0.4, 0.5) is 14.5 Å². The Labute approximate surface area is 110 Å². The van der Waals surface area contributed by atoms with E-state index < -0.39 is 6.43 Å². The molecule has 100 valence electrons. The summed E-state index contributed by atoms with van der Waals surface area (Å²) in [6, 6.07) is 9.96. The molecular formula is C14H14F2N2O. The van der Waals surface area contributed by atoms with E-state index in [0.29, 0.717) is 17.1 Å². The number of nitrogens with one attached hydrogen (secondary N) is 1.